The van der Waals surface area contributed by atoms with Gasteiger partial charge in [-0.3, -0.25) is 9.78 Å². The number of H-pyrrole nitrogens is 1. The quantitative estimate of drug-likeness (QED) is 0.677. The molecule has 0 atom stereocenters. The highest BCUT2D eigenvalue weighted by Gasteiger charge is 2.26. The zero-order valence-electron chi connectivity index (χ0n) is 18.7. The molecule has 2 rings (SSSR count). The summed E-state index contributed by atoms with van der Waals surface area (Å²) < 4.78 is 12.2. The normalized spacial score (nSPS) is 12.1. The van der Waals surface area contributed by atoms with Crippen LogP contribution in [0.1, 0.15) is 72.4 Å². The Morgan fingerprint density at radius 1 is 0.931 bits per heavy atom. The molecule has 1 N–H and O–H groups in total. The summed E-state index contributed by atoms with van der Waals surface area (Å²) in [6.45, 7) is 15.1. The smallest absolute Gasteiger partial charge is 0.333 e. The summed E-state index contributed by atoms with van der Waals surface area (Å²) in [6, 6.07) is 7.48. The predicted octanol–water partition coefficient (Wildman–Crippen LogP) is 4.35. The van der Waals surface area contributed by atoms with Gasteiger partial charge in [0.15, 0.2) is 12.6 Å². The van der Waals surface area contributed by atoms with E-state index in [-0.39, 0.29) is 23.4 Å². The second kappa shape index (κ2) is 8.89. The Morgan fingerprint density at radius 2 is 1.59 bits per heavy atom. The van der Waals surface area contributed by atoms with Crippen LogP contribution in [0.5, 0.6) is 11.6 Å². The Bertz CT molecular complexity index is 923. The lowest BCUT2D eigenvalue weighted by atomic mass is 9.76. The van der Waals surface area contributed by atoms with Gasteiger partial charge in [0.25, 0.3) is 5.56 Å². The fourth-order valence-electron chi connectivity index (χ4n) is 2.99. The second-order valence-corrected chi connectivity index (χ2v) is 8.60. The van der Waals surface area contributed by atoms with E-state index in [9.17, 15) is 9.59 Å². The number of aromatic amines is 1. The molecule has 0 amide bonds. The summed E-state index contributed by atoms with van der Waals surface area (Å²) in [5.74, 6) is 0.852. The largest absolute Gasteiger partial charge is 0.479 e. The maximum absolute atomic E-state index is 12.3. The summed E-state index contributed by atoms with van der Waals surface area (Å²) >= 11 is 0. The molecule has 0 bridgehead atoms. The molecule has 0 saturated carbocycles. The van der Waals surface area contributed by atoms with Gasteiger partial charge in [0.2, 0.25) is 0 Å². The van der Waals surface area contributed by atoms with Crippen molar-refractivity contribution in [1.82, 2.24) is 9.55 Å². The van der Waals surface area contributed by atoms with E-state index in [0.29, 0.717) is 12.4 Å². The first-order valence-electron chi connectivity index (χ1n) is 10.3. The van der Waals surface area contributed by atoms with E-state index >= 15 is 0 Å². The van der Waals surface area contributed by atoms with Gasteiger partial charge in [-0.05, 0) is 42.2 Å². The van der Waals surface area contributed by atoms with Gasteiger partial charge in [0.1, 0.15) is 5.75 Å². The highest BCUT2D eigenvalue weighted by molar-refractivity contribution is 5.44. The van der Waals surface area contributed by atoms with Crippen molar-refractivity contribution in [3.63, 3.8) is 0 Å². The van der Waals surface area contributed by atoms with Crippen LogP contribution in [0.3, 0.4) is 0 Å². The van der Waals surface area contributed by atoms with Crippen molar-refractivity contribution in [3.8, 4) is 11.6 Å². The fourth-order valence-corrected chi connectivity index (χ4v) is 2.99. The van der Waals surface area contributed by atoms with Crippen LogP contribution in [0.4, 0.5) is 0 Å². The average molecular weight is 403 g/mol. The standard InChI is InChI=1S/C23H34N2O4/c1-8-22(4,5)16-11-12-18(17(13-16)23(6,7)9-2)29-15-25-20(26)14-19(28-10-3)24-21(25)27/h11-14H,8-10,15H2,1-7H3,(H,24,27). The average Bonchev–Trinajstić information content (AvgIpc) is 2.67. The molecular formula is C23H34N2O4. The Labute approximate surface area is 172 Å². The van der Waals surface area contributed by atoms with E-state index in [4.69, 9.17) is 9.47 Å². The Kier molecular flexibility index (Phi) is 6.98. The Hall–Kier alpha value is -2.50. The van der Waals surface area contributed by atoms with Crippen LogP contribution in [-0.2, 0) is 17.6 Å². The molecule has 6 heteroatoms. The lowest BCUT2D eigenvalue weighted by Gasteiger charge is -2.30. The summed E-state index contributed by atoms with van der Waals surface area (Å²) in [6.07, 6.45) is 1.96. The number of aromatic nitrogens is 2. The zero-order valence-corrected chi connectivity index (χ0v) is 18.7. The molecule has 1 aromatic heterocycles. The van der Waals surface area contributed by atoms with E-state index < -0.39 is 11.2 Å². The zero-order chi connectivity index (χ0) is 21.8. The predicted molar refractivity (Wildman–Crippen MR) is 116 cm³/mol. The first-order valence-corrected chi connectivity index (χ1v) is 10.3. The van der Waals surface area contributed by atoms with Crippen LogP contribution in [0.25, 0.3) is 0 Å². The molecule has 0 unspecified atom stereocenters. The number of ether oxygens (including phenoxy) is 2. The van der Waals surface area contributed by atoms with Crippen molar-refractivity contribution in [1.29, 1.82) is 0 Å². The number of hydrogen-bond acceptors (Lipinski definition) is 4. The van der Waals surface area contributed by atoms with Gasteiger partial charge < -0.3 is 9.47 Å². The number of hydrogen-bond donors (Lipinski definition) is 1. The molecule has 29 heavy (non-hydrogen) atoms. The third-order valence-corrected chi connectivity index (χ3v) is 5.90. The number of nitrogens with one attached hydrogen (secondary N) is 1. The van der Waals surface area contributed by atoms with Crippen molar-refractivity contribution in [2.45, 2.75) is 78.9 Å². The van der Waals surface area contributed by atoms with Crippen molar-refractivity contribution < 1.29 is 9.47 Å². The van der Waals surface area contributed by atoms with Crippen molar-refractivity contribution >= 4 is 0 Å². The van der Waals surface area contributed by atoms with Gasteiger partial charge in [-0.25, -0.2) is 9.36 Å². The first kappa shape index (κ1) is 22.8. The SMILES string of the molecule is CCOc1cc(=O)n(COc2ccc(C(C)(C)CC)cc2C(C)(C)CC)c(=O)[nH]1. The highest BCUT2D eigenvalue weighted by Crippen LogP contribution is 2.38. The molecule has 160 valence electrons. The first-order chi connectivity index (χ1) is 13.6. The topological polar surface area (TPSA) is 73.3 Å². The number of nitrogens with zero attached hydrogens (tertiary/aromatic N) is 1. The van der Waals surface area contributed by atoms with Gasteiger partial charge >= 0.3 is 5.69 Å². The number of rotatable bonds is 9. The van der Waals surface area contributed by atoms with Gasteiger partial charge in [-0.15, -0.1) is 0 Å². The lowest BCUT2D eigenvalue weighted by Crippen LogP contribution is -2.36. The molecule has 2 aromatic rings. The molecule has 0 aliphatic carbocycles. The molecule has 0 radical (unpaired) electrons. The molecule has 0 fully saturated rings. The Balaban J connectivity index is 2.41. The minimum atomic E-state index is -0.555. The molecule has 1 heterocycles. The monoisotopic (exact) mass is 402 g/mol. The minimum absolute atomic E-state index is 0.0558. The van der Waals surface area contributed by atoms with E-state index in [0.717, 1.165) is 23.0 Å². The molecule has 6 nitrogen and oxygen atoms in total. The summed E-state index contributed by atoms with van der Waals surface area (Å²) in [7, 11) is 0. The van der Waals surface area contributed by atoms with Crippen LogP contribution in [0, 0.1) is 0 Å². The van der Waals surface area contributed by atoms with E-state index in [1.807, 2.05) is 6.07 Å². The second-order valence-electron chi connectivity index (χ2n) is 8.60. The molecule has 0 aliphatic heterocycles. The third kappa shape index (κ3) is 5.11. The molecule has 0 spiro atoms. The summed E-state index contributed by atoms with van der Waals surface area (Å²) in [5.41, 5.74) is 1.26. The molecule has 0 saturated heterocycles. The summed E-state index contributed by atoms with van der Waals surface area (Å²) in [5, 5.41) is 0. The van der Waals surface area contributed by atoms with Crippen molar-refractivity contribution in [2.75, 3.05) is 6.61 Å². The minimum Gasteiger partial charge on any atom is -0.479 e. The maximum Gasteiger partial charge on any atom is 0.333 e. The van der Waals surface area contributed by atoms with E-state index in [1.165, 1.54) is 11.6 Å². The maximum atomic E-state index is 12.3. The number of benzene rings is 1. The third-order valence-electron chi connectivity index (χ3n) is 5.90. The molecular weight excluding hydrogens is 368 g/mol. The summed E-state index contributed by atoms with van der Waals surface area (Å²) in [4.78, 5) is 27.1. The van der Waals surface area contributed by atoms with Crippen molar-refractivity contribution in [3.05, 3.63) is 56.2 Å². The van der Waals surface area contributed by atoms with Crippen LogP contribution >= 0.6 is 0 Å². The molecule has 1 aromatic carbocycles. The molecule has 0 aliphatic rings. The van der Waals surface area contributed by atoms with E-state index in [2.05, 4.69) is 58.7 Å². The van der Waals surface area contributed by atoms with Crippen LogP contribution in [-0.4, -0.2) is 16.2 Å². The van der Waals surface area contributed by atoms with Crippen LogP contribution < -0.4 is 20.7 Å². The van der Waals surface area contributed by atoms with E-state index in [1.54, 1.807) is 6.92 Å². The van der Waals surface area contributed by atoms with Gasteiger partial charge in [0, 0.05) is 5.56 Å². The van der Waals surface area contributed by atoms with Crippen molar-refractivity contribution in [2.24, 2.45) is 0 Å². The fraction of sp³-hybridized carbons (Fsp3) is 0.565. The lowest BCUT2D eigenvalue weighted by molar-refractivity contribution is 0.217. The highest BCUT2D eigenvalue weighted by atomic mass is 16.5. The van der Waals surface area contributed by atoms with Gasteiger partial charge in [-0.2, -0.15) is 0 Å². The van der Waals surface area contributed by atoms with Crippen LogP contribution in [0.15, 0.2) is 33.9 Å². The van der Waals surface area contributed by atoms with Crippen LogP contribution in [0.2, 0.25) is 0 Å². The Morgan fingerprint density at radius 3 is 2.14 bits per heavy atom. The van der Waals surface area contributed by atoms with Gasteiger partial charge in [-0.1, -0.05) is 53.7 Å². The van der Waals surface area contributed by atoms with Gasteiger partial charge in [0.05, 0.1) is 12.7 Å².